The van der Waals surface area contributed by atoms with Crippen LogP contribution in [-0.2, 0) is 6.42 Å². The molecular weight excluding hydrogens is 376 g/mol. The van der Waals surface area contributed by atoms with Crippen molar-refractivity contribution >= 4 is 49.8 Å². The Morgan fingerprint density at radius 3 is 2.33 bits per heavy atom. The van der Waals surface area contributed by atoms with Gasteiger partial charge in [-0.1, -0.05) is 18.2 Å². The van der Waals surface area contributed by atoms with Gasteiger partial charge in [-0.15, -0.1) is 22.7 Å². The fraction of sp³-hybridized carbons (Fsp3) is 0.211. The molecule has 27 heavy (non-hydrogen) atoms. The first kappa shape index (κ1) is 17.7. The first-order valence-electron chi connectivity index (χ1n) is 8.65. The molecule has 138 valence electrons. The van der Waals surface area contributed by atoms with Gasteiger partial charge in [-0.05, 0) is 31.9 Å². The minimum atomic E-state index is 0.659. The smallest absolute Gasteiger partial charge is 0.203 e. The van der Waals surface area contributed by atoms with E-state index < -0.39 is 0 Å². The van der Waals surface area contributed by atoms with E-state index in [9.17, 15) is 0 Å². The molecule has 0 aliphatic heterocycles. The van der Waals surface area contributed by atoms with E-state index in [0.717, 1.165) is 33.6 Å². The van der Waals surface area contributed by atoms with Crippen LogP contribution in [0.3, 0.4) is 0 Å². The van der Waals surface area contributed by atoms with Gasteiger partial charge in [-0.25, -0.2) is 9.97 Å². The molecule has 1 aromatic carbocycles. The summed E-state index contributed by atoms with van der Waals surface area (Å²) in [4.78, 5) is 17.0. The third-order valence-electron chi connectivity index (χ3n) is 4.01. The number of thiazole rings is 2. The number of hydrogen-bond acceptors (Lipinski definition) is 5. The molecule has 0 saturated heterocycles. The fourth-order valence-electron chi connectivity index (χ4n) is 2.76. The number of H-pyrrole nitrogens is 1. The molecule has 0 radical (unpaired) electrons. The zero-order valence-electron chi connectivity index (χ0n) is 15.1. The summed E-state index contributed by atoms with van der Waals surface area (Å²) < 4.78 is 0. The lowest BCUT2D eigenvalue weighted by atomic mass is 10.1. The van der Waals surface area contributed by atoms with Crippen LogP contribution in [0.2, 0.25) is 0 Å². The first-order valence-corrected chi connectivity index (χ1v) is 10.4. The predicted octanol–water partition coefficient (Wildman–Crippen LogP) is 4.82. The number of benzene rings is 1. The molecule has 4 aromatic rings. The number of para-hydroxylation sites is 1. The van der Waals surface area contributed by atoms with Crippen molar-refractivity contribution < 1.29 is 0 Å². The van der Waals surface area contributed by atoms with Crippen molar-refractivity contribution in [1.82, 2.24) is 15.0 Å². The minimum absolute atomic E-state index is 0.659. The van der Waals surface area contributed by atoms with Gasteiger partial charge in [-0.2, -0.15) is 0 Å². The number of aromatic amines is 1. The van der Waals surface area contributed by atoms with Gasteiger partial charge in [0, 0.05) is 34.4 Å². The van der Waals surface area contributed by atoms with Gasteiger partial charge in [0.1, 0.15) is 0 Å². The van der Waals surface area contributed by atoms with E-state index in [0.29, 0.717) is 12.5 Å². The number of nitrogens with zero attached hydrogens (tertiary/aromatic N) is 3. The quantitative estimate of drug-likeness (QED) is 0.334. The van der Waals surface area contributed by atoms with Crippen LogP contribution in [0.5, 0.6) is 0 Å². The maximum atomic E-state index is 4.73. The Kier molecular flexibility index (Phi) is 5.17. The molecule has 0 atom stereocenters. The van der Waals surface area contributed by atoms with E-state index in [1.54, 1.807) is 22.7 Å². The lowest BCUT2D eigenvalue weighted by Crippen LogP contribution is -2.22. The number of fused-ring (bicyclic) bond motifs is 1. The summed E-state index contributed by atoms with van der Waals surface area (Å²) in [5.41, 5.74) is 4.41. The summed E-state index contributed by atoms with van der Waals surface area (Å²) in [5.74, 6) is 0.665. The highest BCUT2D eigenvalue weighted by atomic mass is 32.1. The molecule has 0 saturated carbocycles. The monoisotopic (exact) mass is 396 g/mol. The zero-order valence-corrected chi connectivity index (χ0v) is 16.7. The van der Waals surface area contributed by atoms with Gasteiger partial charge >= 0.3 is 0 Å². The van der Waals surface area contributed by atoms with E-state index in [1.807, 2.05) is 30.7 Å². The van der Waals surface area contributed by atoms with Gasteiger partial charge in [0.15, 0.2) is 10.3 Å². The van der Waals surface area contributed by atoms with Gasteiger partial charge in [0.25, 0.3) is 0 Å². The standard InChI is InChI=1S/C19H20N6S2/c1-12-10-26-18(22-12)24-17(25-19-23-13(2)11-27-19)20-8-7-14-9-21-16-6-4-3-5-15(14)16/h3-6,9-11,21H,7-8H2,1-2H3,(H2,20,22,23,24,25). The van der Waals surface area contributed by atoms with Crippen LogP contribution in [0.1, 0.15) is 17.0 Å². The van der Waals surface area contributed by atoms with Gasteiger partial charge in [0.2, 0.25) is 5.96 Å². The summed E-state index contributed by atoms with van der Waals surface area (Å²) in [6, 6.07) is 8.33. The second kappa shape index (κ2) is 7.89. The summed E-state index contributed by atoms with van der Waals surface area (Å²) >= 11 is 3.12. The summed E-state index contributed by atoms with van der Waals surface area (Å²) in [6.07, 6.45) is 2.92. The molecule has 0 spiro atoms. The number of nitrogens with one attached hydrogen (secondary N) is 3. The topological polar surface area (TPSA) is 78.0 Å². The van der Waals surface area contributed by atoms with Gasteiger partial charge in [-0.3, -0.25) is 4.99 Å². The number of anilines is 2. The normalized spacial score (nSPS) is 10.9. The number of hydrogen-bond donors (Lipinski definition) is 3. The van der Waals surface area contributed by atoms with Crippen LogP contribution in [0.15, 0.2) is 46.2 Å². The molecule has 0 bridgehead atoms. The van der Waals surface area contributed by atoms with Crippen molar-refractivity contribution in [2.24, 2.45) is 4.99 Å². The van der Waals surface area contributed by atoms with Gasteiger partial charge in [0.05, 0.1) is 11.4 Å². The largest absolute Gasteiger partial charge is 0.361 e. The average molecular weight is 397 g/mol. The summed E-state index contributed by atoms with van der Waals surface area (Å²) in [5, 5.41) is 13.5. The average Bonchev–Trinajstić information content (AvgIpc) is 3.36. The number of guanidine groups is 1. The highest BCUT2D eigenvalue weighted by Crippen LogP contribution is 2.19. The molecule has 4 rings (SSSR count). The fourth-order valence-corrected chi connectivity index (χ4v) is 4.14. The van der Waals surface area contributed by atoms with E-state index in [-0.39, 0.29) is 0 Å². The van der Waals surface area contributed by atoms with Crippen molar-refractivity contribution in [1.29, 1.82) is 0 Å². The Balaban J connectivity index is 1.49. The molecule has 6 nitrogen and oxygen atoms in total. The van der Waals surface area contributed by atoms with Crippen LogP contribution < -0.4 is 10.6 Å². The Bertz CT molecular complexity index is 1030. The van der Waals surface area contributed by atoms with Crippen LogP contribution >= 0.6 is 22.7 Å². The molecule has 3 aromatic heterocycles. The SMILES string of the molecule is Cc1csc(NC(=NCCc2c[nH]c3ccccc23)Nc2nc(C)cs2)n1. The lowest BCUT2D eigenvalue weighted by molar-refractivity contribution is 0.973. The van der Waals surface area contributed by atoms with Crippen LogP contribution in [-0.4, -0.2) is 27.5 Å². The molecule has 0 amide bonds. The molecule has 8 heteroatoms. The van der Waals surface area contributed by atoms with Crippen molar-refractivity contribution in [2.45, 2.75) is 20.3 Å². The molecule has 3 N–H and O–H groups in total. The van der Waals surface area contributed by atoms with Gasteiger partial charge < -0.3 is 15.6 Å². The molecule has 0 fully saturated rings. The summed E-state index contributed by atoms with van der Waals surface area (Å²) in [6.45, 7) is 4.62. The zero-order chi connectivity index (χ0) is 18.6. The van der Waals surface area contributed by atoms with E-state index >= 15 is 0 Å². The van der Waals surface area contributed by atoms with Crippen molar-refractivity contribution in [3.8, 4) is 0 Å². The van der Waals surface area contributed by atoms with E-state index in [1.165, 1.54) is 10.9 Å². The number of aryl methyl sites for hydroxylation is 2. The van der Waals surface area contributed by atoms with Crippen molar-refractivity contribution in [3.63, 3.8) is 0 Å². The third-order valence-corrected chi connectivity index (χ3v) is 5.77. The minimum Gasteiger partial charge on any atom is -0.361 e. The first-order chi connectivity index (χ1) is 13.2. The summed E-state index contributed by atoms with van der Waals surface area (Å²) in [7, 11) is 0. The Morgan fingerprint density at radius 2 is 1.70 bits per heavy atom. The predicted molar refractivity (Wildman–Crippen MR) is 115 cm³/mol. The molecule has 0 unspecified atom stereocenters. The second-order valence-corrected chi connectivity index (χ2v) is 7.89. The highest BCUT2D eigenvalue weighted by molar-refractivity contribution is 7.14. The van der Waals surface area contributed by atoms with E-state index in [4.69, 9.17) is 4.99 Å². The maximum absolute atomic E-state index is 4.73. The number of aromatic nitrogens is 3. The molecule has 0 aliphatic carbocycles. The third kappa shape index (κ3) is 4.35. The number of rotatable bonds is 5. The maximum Gasteiger partial charge on any atom is 0.203 e. The lowest BCUT2D eigenvalue weighted by Gasteiger charge is -2.08. The van der Waals surface area contributed by atoms with Crippen LogP contribution in [0, 0.1) is 13.8 Å². The molecule has 3 heterocycles. The molecular formula is C19H20N6S2. The van der Waals surface area contributed by atoms with E-state index in [2.05, 4.69) is 50.0 Å². The molecule has 0 aliphatic rings. The van der Waals surface area contributed by atoms with Crippen molar-refractivity contribution in [2.75, 3.05) is 17.2 Å². The second-order valence-electron chi connectivity index (χ2n) is 6.18. The Labute approximate surface area is 165 Å². The number of aliphatic imine (C=N–C) groups is 1. The highest BCUT2D eigenvalue weighted by Gasteiger charge is 2.08. The Hall–Kier alpha value is -2.71. The Morgan fingerprint density at radius 1 is 1.04 bits per heavy atom. The van der Waals surface area contributed by atoms with Crippen molar-refractivity contribution in [3.05, 3.63) is 58.2 Å². The van der Waals surface area contributed by atoms with Crippen LogP contribution in [0.25, 0.3) is 10.9 Å². The van der Waals surface area contributed by atoms with Crippen LogP contribution in [0.4, 0.5) is 10.3 Å².